The number of carbonyl (C=O) groups excluding carboxylic acids is 1. The Labute approximate surface area is 246 Å². The average Bonchev–Trinajstić information content (AvgIpc) is 3.33. The number of hydrogen-bond donors (Lipinski definition) is 3. The minimum Gasteiger partial charge on any atom is -0.494 e. The highest BCUT2D eigenvalue weighted by Crippen LogP contribution is 2.34. The van der Waals surface area contributed by atoms with Crippen molar-refractivity contribution in [3.8, 4) is 5.75 Å². The van der Waals surface area contributed by atoms with Gasteiger partial charge in [-0.3, -0.25) is 10.2 Å². The third-order valence-corrected chi connectivity index (χ3v) is 7.01. The number of carbonyl (C=O) groups is 1. The van der Waals surface area contributed by atoms with Gasteiger partial charge in [0.15, 0.2) is 5.54 Å². The predicted molar refractivity (Wildman–Crippen MR) is 153 cm³/mol. The molecule has 1 heterocycles. The number of aliphatic hydroxyl groups is 1. The summed E-state index contributed by atoms with van der Waals surface area (Å²) in [6.07, 6.45) is -4.78. The van der Waals surface area contributed by atoms with E-state index < -0.39 is 29.3 Å². The second-order valence-electron chi connectivity index (χ2n) is 9.85. The molecular formula is C30H31F3N6O4. The number of aliphatic imine (C=N–C) groups is 1. The number of nitrogens with one attached hydrogen (secondary N) is 2. The van der Waals surface area contributed by atoms with E-state index >= 15 is 0 Å². The first-order valence-corrected chi connectivity index (χ1v) is 13.5. The Hall–Kier alpha value is -4.58. The van der Waals surface area contributed by atoms with E-state index in [1.807, 2.05) is 0 Å². The lowest BCUT2D eigenvalue weighted by atomic mass is 9.84. The number of azide groups is 1. The van der Waals surface area contributed by atoms with E-state index in [-0.39, 0.29) is 37.6 Å². The maximum Gasteiger partial charge on any atom is 0.416 e. The van der Waals surface area contributed by atoms with Gasteiger partial charge in [-0.05, 0) is 59.5 Å². The van der Waals surface area contributed by atoms with Crippen LogP contribution in [0.5, 0.6) is 5.75 Å². The number of nitrogens with zero attached hydrogens (tertiary/aromatic N) is 4. The first kappa shape index (κ1) is 31.4. The molecular weight excluding hydrogens is 565 g/mol. The number of alkyl halides is 3. The number of aliphatic hydroxyl groups excluding tert-OH is 1. The van der Waals surface area contributed by atoms with Crippen LogP contribution in [-0.2, 0) is 35.2 Å². The second kappa shape index (κ2) is 14.1. The summed E-state index contributed by atoms with van der Waals surface area (Å²) in [6, 6.07) is 19.1. The number of rotatable bonds is 13. The molecule has 1 aliphatic rings. The van der Waals surface area contributed by atoms with Crippen molar-refractivity contribution < 1.29 is 32.5 Å². The number of hydrogen-bond acceptors (Lipinski definition) is 7. The number of hydrazine groups is 1. The molecule has 0 aliphatic carbocycles. The zero-order valence-electron chi connectivity index (χ0n) is 23.3. The maximum absolute atomic E-state index is 13.9. The summed E-state index contributed by atoms with van der Waals surface area (Å²) in [5.74, 6) is 0.185. The zero-order valence-corrected chi connectivity index (χ0v) is 23.3. The van der Waals surface area contributed by atoms with Gasteiger partial charge in [-0.15, -0.1) is 0 Å². The van der Waals surface area contributed by atoms with Crippen molar-refractivity contribution in [2.24, 2.45) is 10.1 Å². The van der Waals surface area contributed by atoms with Crippen LogP contribution in [0, 0.1) is 0 Å². The van der Waals surface area contributed by atoms with Gasteiger partial charge >= 0.3 is 6.18 Å². The van der Waals surface area contributed by atoms with Gasteiger partial charge in [-0.25, -0.2) is 10.4 Å². The van der Waals surface area contributed by atoms with Crippen molar-refractivity contribution in [3.05, 3.63) is 111 Å². The van der Waals surface area contributed by atoms with Crippen molar-refractivity contribution in [2.45, 2.75) is 50.7 Å². The average molecular weight is 597 g/mol. The van der Waals surface area contributed by atoms with Gasteiger partial charge in [0.1, 0.15) is 11.9 Å². The van der Waals surface area contributed by atoms with Crippen molar-refractivity contribution in [1.29, 1.82) is 0 Å². The SMILES string of the molecule is C[C@@H]1OC(c2ccc(OCCCO)cc2)=N[C@]1(Cc1ccccc1CN=[N+]=[N-])C(=O)NNCc1ccccc1C(F)(F)F. The third-order valence-electron chi connectivity index (χ3n) is 7.01. The van der Waals surface area contributed by atoms with Crippen LogP contribution in [0.15, 0.2) is 82.9 Å². The van der Waals surface area contributed by atoms with Gasteiger partial charge in [-0.2, -0.15) is 13.2 Å². The molecule has 0 saturated carbocycles. The van der Waals surface area contributed by atoms with Crippen molar-refractivity contribution in [2.75, 3.05) is 13.2 Å². The van der Waals surface area contributed by atoms with Crippen LogP contribution in [0.25, 0.3) is 10.4 Å². The Morgan fingerprint density at radius 3 is 2.44 bits per heavy atom. The van der Waals surface area contributed by atoms with E-state index in [2.05, 4.69) is 20.9 Å². The third kappa shape index (κ3) is 7.63. The van der Waals surface area contributed by atoms with E-state index in [1.165, 1.54) is 18.2 Å². The molecule has 1 aliphatic heterocycles. The van der Waals surface area contributed by atoms with Crippen LogP contribution in [0.4, 0.5) is 13.2 Å². The van der Waals surface area contributed by atoms with Gasteiger partial charge in [0.05, 0.1) is 18.7 Å². The van der Waals surface area contributed by atoms with Crippen molar-refractivity contribution in [3.63, 3.8) is 0 Å². The highest BCUT2D eigenvalue weighted by molar-refractivity contribution is 6.00. The van der Waals surface area contributed by atoms with E-state index in [4.69, 9.17) is 25.1 Å². The molecule has 4 rings (SSSR count). The Morgan fingerprint density at radius 2 is 1.77 bits per heavy atom. The lowest BCUT2D eigenvalue weighted by Gasteiger charge is -2.29. The topological polar surface area (TPSA) is 141 Å². The quantitative estimate of drug-likeness (QED) is 0.0813. The highest BCUT2D eigenvalue weighted by Gasteiger charge is 2.50. The molecule has 3 aromatic rings. The van der Waals surface area contributed by atoms with Crippen LogP contribution in [0.3, 0.4) is 0 Å². The highest BCUT2D eigenvalue weighted by atomic mass is 19.4. The minimum absolute atomic E-state index is 0.0143. The van der Waals surface area contributed by atoms with E-state index in [0.29, 0.717) is 35.5 Å². The normalized spacial score (nSPS) is 17.9. The van der Waals surface area contributed by atoms with E-state index in [9.17, 15) is 18.0 Å². The lowest BCUT2D eigenvalue weighted by molar-refractivity contribution is -0.138. The van der Waals surface area contributed by atoms with Crippen molar-refractivity contribution in [1.82, 2.24) is 10.9 Å². The van der Waals surface area contributed by atoms with E-state index in [0.717, 1.165) is 6.07 Å². The molecule has 3 aromatic carbocycles. The van der Waals surface area contributed by atoms with Crippen molar-refractivity contribution >= 4 is 11.8 Å². The number of ether oxygens (including phenoxy) is 2. The smallest absolute Gasteiger partial charge is 0.416 e. The predicted octanol–water partition coefficient (Wildman–Crippen LogP) is 5.24. The van der Waals surface area contributed by atoms with Crippen LogP contribution in [0.1, 0.15) is 41.2 Å². The van der Waals surface area contributed by atoms with Gasteiger partial charge in [0.25, 0.3) is 5.91 Å². The summed E-state index contributed by atoms with van der Waals surface area (Å²) in [6.45, 7) is 1.83. The van der Waals surface area contributed by atoms with E-state index in [1.54, 1.807) is 55.5 Å². The molecule has 3 N–H and O–H groups in total. The Kier molecular flexibility index (Phi) is 10.3. The molecule has 2 atom stereocenters. The molecule has 1 amide bonds. The summed E-state index contributed by atoms with van der Waals surface area (Å²) >= 11 is 0. The molecule has 0 spiro atoms. The molecule has 0 bridgehead atoms. The van der Waals surface area contributed by atoms with Gasteiger partial charge in [0, 0.05) is 36.5 Å². The van der Waals surface area contributed by atoms with Gasteiger partial charge < -0.3 is 14.6 Å². The first-order valence-electron chi connectivity index (χ1n) is 13.5. The second-order valence-corrected chi connectivity index (χ2v) is 9.85. The molecule has 10 nitrogen and oxygen atoms in total. The standard InChI is InChI=1S/C30H31F3N6O4/c1-20-29(17-22-7-2-3-8-23(22)18-36-39-34,28(41)38-35-19-24-9-4-5-10-26(24)30(31,32)33)37-27(43-20)21-11-13-25(14-12-21)42-16-6-15-40/h2-5,7-14,20,35,40H,6,15-19H2,1H3,(H,38,41)/t20-,29-/m0/s1. The molecule has 0 fully saturated rings. The molecule has 226 valence electrons. The molecule has 0 saturated heterocycles. The lowest BCUT2D eigenvalue weighted by Crippen LogP contribution is -2.55. The fraction of sp³-hybridized carbons (Fsp3) is 0.333. The summed E-state index contributed by atoms with van der Waals surface area (Å²) in [7, 11) is 0. The Morgan fingerprint density at radius 1 is 1.09 bits per heavy atom. The van der Waals surface area contributed by atoms with Crippen LogP contribution < -0.4 is 15.6 Å². The zero-order chi connectivity index (χ0) is 30.9. The summed E-state index contributed by atoms with van der Waals surface area (Å²) in [5, 5.41) is 12.6. The van der Waals surface area contributed by atoms with Crippen LogP contribution >= 0.6 is 0 Å². The monoisotopic (exact) mass is 596 g/mol. The summed E-state index contributed by atoms with van der Waals surface area (Å²) in [5.41, 5.74) is 13.6. The molecule has 0 unspecified atom stereocenters. The van der Waals surface area contributed by atoms with Crippen LogP contribution in [-0.4, -0.2) is 41.8 Å². The molecule has 0 aromatic heterocycles. The minimum atomic E-state index is -4.55. The fourth-order valence-electron chi connectivity index (χ4n) is 4.70. The number of halogens is 3. The fourth-order valence-corrected chi connectivity index (χ4v) is 4.70. The maximum atomic E-state index is 13.9. The summed E-state index contributed by atoms with van der Waals surface area (Å²) < 4.78 is 52.1. The van der Waals surface area contributed by atoms with Crippen LogP contribution in [0.2, 0.25) is 0 Å². The summed E-state index contributed by atoms with van der Waals surface area (Å²) in [4.78, 5) is 21.4. The van der Waals surface area contributed by atoms with Gasteiger partial charge in [-0.1, -0.05) is 47.6 Å². The largest absolute Gasteiger partial charge is 0.494 e. The molecule has 43 heavy (non-hydrogen) atoms. The number of benzene rings is 3. The number of amides is 1. The first-order chi connectivity index (χ1) is 20.7. The Bertz CT molecular complexity index is 1490. The molecule has 0 radical (unpaired) electrons. The Balaban J connectivity index is 1.62. The molecule has 13 heteroatoms. The van der Waals surface area contributed by atoms with Gasteiger partial charge in [0.2, 0.25) is 5.90 Å².